The van der Waals surface area contributed by atoms with E-state index in [9.17, 15) is 9.18 Å². The van der Waals surface area contributed by atoms with Gasteiger partial charge in [-0.25, -0.2) is 9.37 Å². The number of halogens is 2. The lowest BCUT2D eigenvalue weighted by Gasteiger charge is -2.16. The van der Waals surface area contributed by atoms with Gasteiger partial charge in [-0.1, -0.05) is 12.1 Å². The monoisotopic (exact) mass is 336 g/mol. The van der Waals surface area contributed by atoms with Crippen molar-refractivity contribution in [1.29, 1.82) is 0 Å². The lowest BCUT2D eigenvalue weighted by atomic mass is 10.1. The van der Waals surface area contributed by atoms with Gasteiger partial charge in [-0.3, -0.25) is 9.69 Å². The molecule has 3 nitrogen and oxygen atoms in total. The highest BCUT2D eigenvalue weighted by atomic mass is 79.9. The van der Waals surface area contributed by atoms with Crippen molar-refractivity contribution in [3.63, 3.8) is 0 Å². The van der Waals surface area contributed by atoms with Gasteiger partial charge in [0.05, 0.1) is 0 Å². The minimum atomic E-state index is -0.280. The predicted octanol–water partition coefficient (Wildman–Crippen LogP) is 3.58. The van der Waals surface area contributed by atoms with Gasteiger partial charge in [0.1, 0.15) is 11.6 Å². The average molecular weight is 337 g/mol. The second-order valence-corrected chi connectivity index (χ2v) is 5.33. The first-order chi connectivity index (χ1) is 9.56. The third-order valence-electron chi connectivity index (χ3n) is 2.95. The number of benzene rings is 1. The van der Waals surface area contributed by atoms with Crippen molar-refractivity contribution in [3.8, 4) is 0 Å². The van der Waals surface area contributed by atoms with Gasteiger partial charge >= 0.3 is 0 Å². The van der Waals surface area contributed by atoms with E-state index in [1.54, 1.807) is 25.4 Å². The Morgan fingerprint density at radius 2 is 2.15 bits per heavy atom. The van der Waals surface area contributed by atoms with Crippen LogP contribution >= 0.6 is 15.9 Å². The van der Waals surface area contributed by atoms with Crippen LogP contribution in [-0.2, 0) is 11.2 Å². The molecule has 0 N–H and O–H groups in total. The van der Waals surface area contributed by atoms with E-state index in [0.29, 0.717) is 18.7 Å². The van der Waals surface area contributed by atoms with Crippen LogP contribution in [0.5, 0.6) is 0 Å². The summed E-state index contributed by atoms with van der Waals surface area (Å²) in [4.78, 5) is 17.7. The van der Waals surface area contributed by atoms with Crippen molar-refractivity contribution in [2.24, 2.45) is 0 Å². The number of carbonyl (C=O) groups excluding carboxylic acids is 1. The number of hydrogen-bond donors (Lipinski definition) is 0. The number of aromatic nitrogens is 1. The molecule has 20 heavy (non-hydrogen) atoms. The molecule has 1 amide bonds. The Kier molecular flexibility index (Phi) is 4.84. The van der Waals surface area contributed by atoms with Gasteiger partial charge in [0.15, 0.2) is 0 Å². The molecule has 104 valence electrons. The molecule has 0 saturated heterocycles. The molecule has 0 spiro atoms. The molecule has 0 saturated carbocycles. The highest BCUT2D eigenvalue weighted by Crippen LogP contribution is 2.15. The second kappa shape index (κ2) is 6.61. The second-order valence-electron chi connectivity index (χ2n) is 4.42. The Balaban J connectivity index is 1.96. The average Bonchev–Trinajstić information content (AvgIpc) is 2.45. The van der Waals surface area contributed by atoms with Crippen molar-refractivity contribution in [3.05, 3.63) is 58.4 Å². The molecule has 1 heterocycles. The van der Waals surface area contributed by atoms with Crippen molar-refractivity contribution < 1.29 is 9.18 Å². The summed E-state index contributed by atoms with van der Waals surface area (Å²) >= 11 is 3.30. The molecule has 0 aliphatic rings. The summed E-state index contributed by atoms with van der Waals surface area (Å²) in [5.74, 6) is 0.263. The van der Waals surface area contributed by atoms with Crippen molar-refractivity contribution in [1.82, 2.24) is 4.98 Å². The van der Waals surface area contributed by atoms with Gasteiger partial charge in [0, 0.05) is 24.1 Å². The molecule has 0 aliphatic heterocycles. The highest BCUT2D eigenvalue weighted by molar-refractivity contribution is 9.10. The van der Waals surface area contributed by atoms with Gasteiger partial charge in [-0.15, -0.1) is 0 Å². The summed E-state index contributed by atoms with van der Waals surface area (Å²) in [5, 5.41) is 0. The normalized spacial score (nSPS) is 10.3. The van der Waals surface area contributed by atoms with E-state index in [4.69, 9.17) is 0 Å². The van der Waals surface area contributed by atoms with Gasteiger partial charge in [-0.05, 0) is 52.2 Å². The van der Waals surface area contributed by atoms with E-state index in [-0.39, 0.29) is 11.7 Å². The molecule has 0 unspecified atom stereocenters. The Hall–Kier alpha value is -1.75. The van der Waals surface area contributed by atoms with Crippen LogP contribution < -0.4 is 4.90 Å². The maximum atomic E-state index is 13.0. The van der Waals surface area contributed by atoms with Gasteiger partial charge < -0.3 is 0 Å². The standard InChI is InChI=1S/C15H14BrFN2O/c1-19(14-7-6-12(16)10-18-14)15(20)8-5-11-3-2-4-13(17)9-11/h2-4,6-7,9-10H,5,8H2,1H3. The highest BCUT2D eigenvalue weighted by Gasteiger charge is 2.12. The lowest BCUT2D eigenvalue weighted by molar-refractivity contribution is -0.118. The largest absolute Gasteiger partial charge is 0.300 e. The van der Waals surface area contributed by atoms with Crippen LogP contribution in [0.25, 0.3) is 0 Å². The maximum absolute atomic E-state index is 13.0. The zero-order chi connectivity index (χ0) is 14.5. The third-order valence-corrected chi connectivity index (χ3v) is 3.42. The molecule has 2 aromatic rings. The number of carbonyl (C=O) groups is 1. The molecule has 0 bridgehead atoms. The zero-order valence-electron chi connectivity index (χ0n) is 11.0. The summed E-state index contributed by atoms with van der Waals surface area (Å²) in [6.07, 6.45) is 2.47. The molecule has 0 fully saturated rings. The Labute approximate surface area is 125 Å². The molecular formula is C15H14BrFN2O. The quantitative estimate of drug-likeness (QED) is 0.854. The number of amides is 1. The van der Waals surface area contributed by atoms with E-state index in [1.807, 2.05) is 12.1 Å². The first kappa shape index (κ1) is 14.7. The Morgan fingerprint density at radius 1 is 1.35 bits per heavy atom. The van der Waals surface area contributed by atoms with Crippen LogP contribution in [0.15, 0.2) is 47.1 Å². The summed E-state index contributed by atoms with van der Waals surface area (Å²) in [5.41, 5.74) is 0.815. The number of aryl methyl sites for hydroxylation is 1. The van der Waals surface area contributed by atoms with Gasteiger partial charge in [0.2, 0.25) is 5.91 Å². The Bertz CT molecular complexity index is 601. The molecule has 0 aliphatic carbocycles. The Morgan fingerprint density at radius 3 is 2.80 bits per heavy atom. The summed E-state index contributed by atoms with van der Waals surface area (Å²) in [7, 11) is 1.68. The molecule has 0 radical (unpaired) electrons. The summed E-state index contributed by atoms with van der Waals surface area (Å²) < 4.78 is 13.9. The lowest BCUT2D eigenvalue weighted by Crippen LogP contribution is -2.27. The number of nitrogens with zero attached hydrogens (tertiary/aromatic N) is 2. The first-order valence-corrected chi connectivity index (χ1v) is 6.98. The molecule has 2 rings (SSSR count). The van der Waals surface area contributed by atoms with Crippen molar-refractivity contribution in [2.45, 2.75) is 12.8 Å². The molecule has 1 aromatic carbocycles. The van der Waals surface area contributed by atoms with Crippen LogP contribution in [0, 0.1) is 5.82 Å². The minimum Gasteiger partial charge on any atom is -0.300 e. The van der Waals surface area contributed by atoms with E-state index in [1.165, 1.54) is 17.0 Å². The molecule has 5 heteroatoms. The van der Waals surface area contributed by atoms with Crippen LogP contribution in [0.4, 0.5) is 10.2 Å². The van der Waals surface area contributed by atoms with E-state index in [0.717, 1.165) is 10.0 Å². The van der Waals surface area contributed by atoms with Crippen LogP contribution in [-0.4, -0.2) is 17.9 Å². The molecule has 0 atom stereocenters. The number of rotatable bonds is 4. The zero-order valence-corrected chi connectivity index (χ0v) is 12.6. The van der Waals surface area contributed by atoms with Gasteiger partial charge in [-0.2, -0.15) is 0 Å². The van der Waals surface area contributed by atoms with Gasteiger partial charge in [0.25, 0.3) is 0 Å². The van der Waals surface area contributed by atoms with Crippen LogP contribution in [0.3, 0.4) is 0 Å². The summed E-state index contributed by atoms with van der Waals surface area (Å²) in [6.45, 7) is 0. The molecule has 1 aromatic heterocycles. The smallest absolute Gasteiger partial charge is 0.228 e. The topological polar surface area (TPSA) is 33.2 Å². The number of anilines is 1. The van der Waals surface area contributed by atoms with Crippen LogP contribution in [0.1, 0.15) is 12.0 Å². The fourth-order valence-corrected chi connectivity index (χ4v) is 2.04. The minimum absolute atomic E-state index is 0.0518. The number of pyridine rings is 1. The van der Waals surface area contributed by atoms with E-state index in [2.05, 4.69) is 20.9 Å². The SMILES string of the molecule is CN(C(=O)CCc1cccc(F)c1)c1ccc(Br)cn1. The fourth-order valence-electron chi connectivity index (χ4n) is 1.81. The van der Waals surface area contributed by atoms with E-state index >= 15 is 0 Å². The maximum Gasteiger partial charge on any atom is 0.228 e. The first-order valence-electron chi connectivity index (χ1n) is 6.19. The fraction of sp³-hybridized carbons (Fsp3) is 0.200. The number of hydrogen-bond acceptors (Lipinski definition) is 2. The van der Waals surface area contributed by atoms with Crippen molar-refractivity contribution in [2.75, 3.05) is 11.9 Å². The third kappa shape index (κ3) is 3.87. The molecular weight excluding hydrogens is 323 g/mol. The van der Waals surface area contributed by atoms with E-state index < -0.39 is 0 Å². The van der Waals surface area contributed by atoms with Crippen molar-refractivity contribution >= 4 is 27.7 Å². The summed E-state index contributed by atoms with van der Waals surface area (Å²) in [6, 6.07) is 9.90. The predicted molar refractivity (Wildman–Crippen MR) is 80.1 cm³/mol. The van der Waals surface area contributed by atoms with Crippen LogP contribution in [0.2, 0.25) is 0 Å².